The molecule has 0 radical (unpaired) electrons. The van der Waals surface area contributed by atoms with Crippen molar-refractivity contribution in [2.24, 2.45) is 5.92 Å². The van der Waals surface area contributed by atoms with E-state index >= 15 is 0 Å². The quantitative estimate of drug-likeness (QED) is 0.127. The van der Waals surface area contributed by atoms with Crippen LogP contribution in [0.25, 0.3) is 10.8 Å². The molecule has 248 valence electrons. The molecular formula is C38H40N4O6. The Hall–Kier alpha value is -5.06. The molecule has 10 heteroatoms. The van der Waals surface area contributed by atoms with Gasteiger partial charge in [0, 0.05) is 62.4 Å². The zero-order valence-corrected chi connectivity index (χ0v) is 26.8. The number of nitro groups is 1. The summed E-state index contributed by atoms with van der Waals surface area (Å²) in [7, 11) is 0. The van der Waals surface area contributed by atoms with Gasteiger partial charge < -0.3 is 24.5 Å². The number of carbonyl (C=O) groups excluding carboxylic acids is 2. The molecule has 0 bridgehead atoms. The zero-order valence-electron chi connectivity index (χ0n) is 26.8. The Balaban J connectivity index is 1.11. The summed E-state index contributed by atoms with van der Waals surface area (Å²) in [5.41, 5.74) is 0.861. The van der Waals surface area contributed by atoms with Crippen LogP contribution in [0.4, 0.5) is 10.5 Å². The van der Waals surface area contributed by atoms with Crippen molar-refractivity contribution in [2.75, 3.05) is 39.3 Å². The number of β-amino-alcohol motifs (C(OH)–C–C–N with tert-alkyl or cyclic N) is 1. The molecule has 2 amide bonds. The molecule has 4 aromatic carbocycles. The number of amides is 2. The number of piperidine rings is 1. The number of nitro benzene ring substituents is 1. The summed E-state index contributed by atoms with van der Waals surface area (Å²) < 4.78 is 5.59. The number of rotatable bonds is 10. The molecular weight excluding hydrogens is 608 g/mol. The van der Waals surface area contributed by atoms with Gasteiger partial charge in [0.15, 0.2) is 0 Å². The third-order valence-electron chi connectivity index (χ3n) is 9.68. The van der Waals surface area contributed by atoms with Crippen LogP contribution in [0.15, 0.2) is 110 Å². The normalized spacial score (nSPS) is 20.0. The molecule has 2 heterocycles. The van der Waals surface area contributed by atoms with E-state index in [9.17, 15) is 24.8 Å². The molecule has 2 fully saturated rings. The Kier molecular flexibility index (Phi) is 9.84. The number of aliphatic hydroxyl groups is 1. The summed E-state index contributed by atoms with van der Waals surface area (Å²) in [5, 5.41) is 25.1. The Morgan fingerprint density at radius 1 is 0.979 bits per heavy atom. The van der Waals surface area contributed by atoms with Crippen LogP contribution in [0.3, 0.4) is 0 Å². The van der Waals surface area contributed by atoms with Gasteiger partial charge in [0.25, 0.3) is 11.6 Å². The van der Waals surface area contributed by atoms with E-state index < -0.39 is 16.6 Å². The summed E-state index contributed by atoms with van der Waals surface area (Å²) in [5.74, 6) is -0.305. The number of non-ortho nitro benzene ring substituents is 1. The standard InChI is InChI=1S/C38H40N4O6/c1-2-21-41(37(44)48-26-28-15-17-33(18-16-28)42(46)47)32-19-22-39(23-20-32)24-31-25-40(27-38(31,45)30-11-4-3-5-12-30)36(43)35-14-8-10-29-9-6-7-13-34(29)35/h2-18,31-32,45H,1,19-27H2. The van der Waals surface area contributed by atoms with Crippen LogP contribution in [0.1, 0.15) is 34.3 Å². The molecule has 2 aliphatic heterocycles. The zero-order chi connectivity index (χ0) is 33.7. The highest BCUT2D eigenvalue weighted by atomic mass is 16.6. The summed E-state index contributed by atoms with van der Waals surface area (Å²) in [6, 6.07) is 29.1. The van der Waals surface area contributed by atoms with E-state index in [4.69, 9.17) is 4.74 Å². The first-order valence-corrected chi connectivity index (χ1v) is 16.3. The molecule has 10 nitrogen and oxygen atoms in total. The van der Waals surface area contributed by atoms with Crippen molar-refractivity contribution in [2.45, 2.75) is 31.1 Å². The molecule has 2 unspecified atom stereocenters. The number of benzene rings is 4. The fourth-order valence-corrected chi connectivity index (χ4v) is 7.08. The number of hydrogen-bond acceptors (Lipinski definition) is 7. The Morgan fingerprint density at radius 2 is 1.67 bits per heavy atom. The number of likely N-dealkylation sites (tertiary alicyclic amines) is 2. The first-order valence-electron chi connectivity index (χ1n) is 16.3. The van der Waals surface area contributed by atoms with Crippen LogP contribution in [0.2, 0.25) is 0 Å². The summed E-state index contributed by atoms with van der Waals surface area (Å²) in [4.78, 5) is 43.4. The van der Waals surface area contributed by atoms with Gasteiger partial charge in [0.2, 0.25) is 0 Å². The molecule has 0 spiro atoms. The summed E-state index contributed by atoms with van der Waals surface area (Å²) in [6.07, 6.45) is 2.66. The van der Waals surface area contributed by atoms with Gasteiger partial charge >= 0.3 is 6.09 Å². The van der Waals surface area contributed by atoms with Crippen molar-refractivity contribution < 1.29 is 24.4 Å². The Bertz CT molecular complexity index is 1770. The minimum Gasteiger partial charge on any atom is -0.445 e. The first-order chi connectivity index (χ1) is 23.3. The maximum absolute atomic E-state index is 14.0. The second-order valence-electron chi connectivity index (χ2n) is 12.7. The van der Waals surface area contributed by atoms with Gasteiger partial charge in [-0.15, -0.1) is 6.58 Å². The van der Waals surface area contributed by atoms with Crippen LogP contribution in [0, 0.1) is 16.0 Å². The lowest BCUT2D eigenvalue weighted by atomic mass is 9.83. The van der Waals surface area contributed by atoms with Crippen LogP contribution >= 0.6 is 0 Å². The molecule has 48 heavy (non-hydrogen) atoms. The minimum atomic E-state index is -1.21. The van der Waals surface area contributed by atoms with Gasteiger partial charge in [-0.3, -0.25) is 14.9 Å². The van der Waals surface area contributed by atoms with Gasteiger partial charge in [-0.25, -0.2) is 4.79 Å². The SMILES string of the molecule is C=CCN(C(=O)OCc1ccc([N+](=O)[O-])cc1)C1CCN(CC2CN(C(=O)c3cccc4ccccc34)CC2(O)c2ccccc2)CC1. The monoisotopic (exact) mass is 648 g/mol. The van der Waals surface area contributed by atoms with E-state index in [1.807, 2.05) is 72.8 Å². The highest BCUT2D eigenvalue weighted by molar-refractivity contribution is 6.07. The molecule has 6 rings (SSSR count). The Labute approximate surface area is 280 Å². The van der Waals surface area contributed by atoms with E-state index in [0.29, 0.717) is 43.9 Å². The van der Waals surface area contributed by atoms with Crippen molar-refractivity contribution in [3.63, 3.8) is 0 Å². The van der Waals surface area contributed by atoms with E-state index in [1.165, 1.54) is 12.1 Å². The molecule has 4 aromatic rings. The third-order valence-corrected chi connectivity index (χ3v) is 9.68. The van der Waals surface area contributed by atoms with Gasteiger partial charge in [-0.2, -0.15) is 0 Å². The van der Waals surface area contributed by atoms with Crippen molar-refractivity contribution >= 4 is 28.5 Å². The lowest BCUT2D eigenvalue weighted by Gasteiger charge is -2.40. The maximum Gasteiger partial charge on any atom is 0.410 e. The first kappa shape index (κ1) is 32.9. The number of hydrogen-bond donors (Lipinski definition) is 1. The van der Waals surface area contributed by atoms with Crippen molar-refractivity contribution in [3.05, 3.63) is 137 Å². The van der Waals surface area contributed by atoms with Crippen molar-refractivity contribution in [1.82, 2.24) is 14.7 Å². The van der Waals surface area contributed by atoms with Gasteiger partial charge in [0.05, 0.1) is 11.5 Å². The molecule has 2 atom stereocenters. The minimum absolute atomic E-state index is 0.0110. The molecule has 1 N–H and O–H groups in total. The largest absolute Gasteiger partial charge is 0.445 e. The van der Waals surface area contributed by atoms with Crippen LogP contribution in [-0.4, -0.2) is 82.0 Å². The van der Waals surface area contributed by atoms with Crippen LogP contribution in [-0.2, 0) is 16.9 Å². The van der Waals surface area contributed by atoms with E-state index in [-0.39, 0.29) is 36.7 Å². The second-order valence-corrected chi connectivity index (χ2v) is 12.7. The highest BCUT2D eigenvalue weighted by Gasteiger charge is 2.49. The van der Waals surface area contributed by atoms with E-state index in [0.717, 1.165) is 29.2 Å². The number of nitrogens with zero attached hydrogens (tertiary/aromatic N) is 4. The highest BCUT2D eigenvalue weighted by Crippen LogP contribution is 2.39. The molecule has 2 saturated heterocycles. The van der Waals surface area contributed by atoms with E-state index in [2.05, 4.69) is 11.5 Å². The lowest BCUT2D eigenvalue weighted by Crippen LogP contribution is -2.50. The molecule has 0 saturated carbocycles. The molecule has 0 aromatic heterocycles. The van der Waals surface area contributed by atoms with Gasteiger partial charge in [-0.1, -0.05) is 72.8 Å². The number of carbonyl (C=O) groups is 2. The third kappa shape index (κ3) is 6.95. The lowest BCUT2D eigenvalue weighted by molar-refractivity contribution is -0.384. The number of fused-ring (bicyclic) bond motifs is 1. The van der Waals surface area contributed by atoms with Gasteiger partial charge in [-0.05, 0) is 52.9 Å². The Morgan fingerprint density at radius 3 is 2.38 bits per heavy atom. The van der Waals surface area contributed by atoms with E-state index in [1.54, 1.807) is 28.0 Å². The fourth-order valence-electron chi connectivity index (χ4n) is 7.08. The molecule has 0 aliphatic carbocycles. The molecule has 2 aliphatic rings. The topological polar surface area (TPSA) is 116 Å². The summed E-state index contributed by atoms with van der Waals surface area (Å²) >= 11 is 0. The average molecular weight is 649 g/mol. The van der Waals surface area contributed by atoms with Crippen molar-refractivity contribution in [1.29, 1.82) is 0 Å². The van der Waals surface area contributed by atoms with Crippen LogP contribution < -0.4 is 0 Å². The second kappa shape index (κ2) is 14.4. The average Bonchev–Trinajstić information content (AvgIpc) is 3.46. The summed E-state index contributed by atoms with van der Waals surface area (Å²) in [6.45, 7) is 6.83. The fraction of sp³-hybridized carbons (Fsp3) is 0.316. The van der Waals surface area contributed by atoms with Gasteiger partial charge in [0.1, 0.15) is 12.2 Å². The smallest absolute Gasteiger partial charge is 0.410 e. The van der Waals surface area contributed by atoms with Crippen molar-refractivity contribution in [3.8, 4) is 0 Å². The van der Waals surface area contributed by atoms with Crippen LogP contribution in [0.5, 0.6) is 0 Å². The predicted molar refractivity (Wildman–Crippen MR) is 183 cm³/mol. The predicted octanol–water partition coefficient (Wildman–Crippen LogP) is 6.00. The maximum atomic E-state index is 14.0. The number of ether oxygens (including phenoxy) is 1.